The third-order valence-corrected chi connectivity index (χ3v) is 5.55. The first-order valence-corrected chi connectivity index (χ1v) is 11.0. The van der Waals surface area contributed by atoms with Crippen LogP contribution < -0.4 is 10.6 Å². The molecule has 1 aliphatic rings. The maximum Gasteiger partial charge on any atom is 0.191 e. The molecule has 0 aromatic carbocycles. The highest BCUT2D eigenvalue weighted by atomic mass is 16.5. The summed E-state index contributed by atoms with van der Waals surface area (Å²) in [6.45, 7) is 14.2. The Bertz CT molecular complexity index is 865. The van der Waals surface area contributed by atoms with Crippen LogP contribution in [0.5, 0.6) is 0 Å². The summed E-state index contributed by atoms with van der Waals surface area (Å²) in [5.41, 5.74) is -0.354. The molecule has 2 unspecified atom stereocenters. The molecule has 31 heavy (non-hydrogen) atoms. The fourth-order valence-corrected chi connectivity index (χ4v) is 3.95. The number of nitrogens with zero attached hydrogens (tertiary/aromatic N) is 2. The third-order valence-electron chi connectivity index (χ3n) is 5.55. The average Bonchev–Trinajstić information content (AvgIpc) is 3.32. The number of nitrogens with one attached hydrogen (secondary N) is 2. The lowest BCUT2D eigenvalue weighted by Gasteiger charge is -2.33. The molecule has 2 aromatic rings. The number of guanidine groups is 1. The van der Waals surface area contributed by atoms with Crippen molar-refractivity contribution < 1.29 is 18.7 Å². The van der Waals surface area contributed by atoms with Gasteiger partial charge in [-0.1, -0.05) is 0 Å². The van der Waals surface area contributed by atoms with Crippen molar-refractivity contribution in [2.75, 3.05) is 45.9 Å². The van der Waals surface area contributed by atoms with E-state index in [9.17, 15) is 5.11 Å². The Morgan fingerprint density at radius 3 is 2.48 bits per heavy atom. The Morgan fingerprint density at radius 2 is 1.90 bits per heavy atom. The number of aliphatic imine (C=N–C) groups is 1. The molecule has 2 atom stereocenters. The summed E-state index contributed by atoms with van der Waals surface area (Å²) in [6, 6.07) is 5.98. The van der Waals surface area contributed by atoms with Gasteiger partial charge < -0.3 is 29.3 Å². The molecule has 1 saturated heterocycles. The number of ether oxygens (including phenoxy) is 1. The lowest BCUT2D eigenvalue weighted by molar-refractivity contribution is 0.0124. The summed E-state index contributed by atoms with van der Waals surface area (Å²) in [6.07, 6.45) is 0. The molecule has 0 saturated carbocycles. The minimum Gasteiger partial charge on any atom is -0.466 e. The van der Waals surface area contributed by atoms with E-state index in [2.05, 4.69) is 20.5 Å². The highest BCUT2D eigenvalue weighted by Crippen LogP contribution is 2.27. The van der Waals surface area contributed by atoms with Crippen molar-refractivity contribution in [2.24, 2.45) is 4.99 Å². The summed E-state index contributed by atoms with van der Waals surface area (Å²) < 4.78 is 17.1. The van der Waals surface area contributed by atoms with Crippen molar-refractivity contribution in [2.45, 2.75) is 46.3 Å². The molecule has 0 aliphatic carbocycles. The molecule has 0 spiro atoms. The molecular weight excluding hydrogens is 396 g/mol. The molecule has 172 valence electrons. The van der Waals surface area contributed by atoms with Crippen LogP contribution in [-0.2, 0) is 10.3 Å². The van der Waals surface area contributed by atoms with Crippen LogP contribution in [0.4, 0.5) is 0 Å². The van der Waals surface area contributed by atoms with Crippen LogP contribution in [0.2, 0.25) is 0 Å². The van der Waals surface area contributed by atoms with Crippen LogP contribution in [0.3, 0.4) is 0 Å². The van der Waals surface area contributed by atoms with E-state index in [1.807, 2.05) is 45.9 Å². The van der Waals surface area contributed by atoms with Crippen molar-refractivity contribution in [1.82, 2.24) is 15.5 Å². The maximum atomic E-state index is 11.0. The standard InChI is InChI=1S/C23H36N4O4/c1-6-24-22(26-15-23(5,28)19-13-17(3)30-18(19)4)25-14-20(21-8-7-16(2)31-21)27-9-11-29-12-10-27/h7-8,13,20,28H,6,9-12,14-15H2,1-5H3,(H2,24,25,26). The number of furan rings is 2. The highest BCUT2D eigenvalue weighted by molar-refractivity contribution is 5.79. The smallest absolute Gasteiger partial charge is 0.191 e. The van der Waals surface area contributed by atoms with E-state index in [-0.39, 0.29) is 12.6 Å². The third kappa shape index (κ3) is 6.12. The van der Waals surface area contributed by atoms with E-state index in [0.717, 1.165) is 61.5 Å². The van der Waals surface area contributed by atoms with Gasteiger partial charge in [0.25, 0.3) is 0 Å². The minimum atomic E-state index is -1.12. The number of morpholine rings is 1. The van der Waals surface area contributed by atoms with E-state index in [0.29, 0.717) is 12.5 Å². The molecule has 3 rings (SSSR count). The van der Waals surface area contributed by atoms with Gasteiger partial charge in [-0.15, -0.1) is 0 Å². The predicted octanol–water partition coefficient (Wildman–Crippen LogP) is 2.63. The maximum absolute atomic E-state index is 11.0. The first-order chi connectivity index (χ1) is 14.8. The fourth-order valence-electron chi connectivity index (χ4n) is 3.95. The second-order valence-corrected chi connectivity index (χ2v) is 8.29. The zero-order chi connectivity index (χ0) is 22.4. The first kappa shape index (κ1) is 23.4. The van der Waals surface area contributed by atoms with Crippen molar-refractivity contribution >= 4 is 5.96 Å². The Hall–Kier alpha value is -2.29. The zero-order valence-electron chi connectivity index (χ0n) is 19.3. The molecule has 0 amide bonds. The van der Waals surface area contributed by atoms with E-state index in [1.165, 1.54) is 0 Å². The monoisotopic (exact) mass is 432 g/mol. The number of aryl methyl sites for hydroxylation is 3. The lowest BCUT2D eigenvalue weighted by Crippen LogP contribution is -2.46. The lowest BCUT2D eigenvalue weighted by atomic mass is 9.96. The normalized spacial score (nSPS) is 18.6. The summed E-state index contributed by atoms with van der Waals surface area (Å²) in [5, 5.41) is 17.7. The molecule has 0 bridgehead atoms. The Kier molecular flexibility index (Phi) is 7.80. The summed E-state index contributed by atoms with van der Waals surface area (Å²) >= 11 is 0. The van der Waals surface area contributed by atoms with E-state index >= 15 is 0 Å². The highest BCUT2D eigenvalue weighted by Gasteiger charge is 2.28. The molecule has 8 nitrogen and oxygen atoms in total. The van der Waals surface area contributed by atoms with Crippen LogP contribution >= 0.6 is 0 Å². The molecule has 0 radical (unpaired) electrons. The second-order valence-electron chi connectivity index (χ2n) is 8.29. The summed E-state index contributed by atoms with van der Waals surface area (Å²) in [4.78, 5) is 7.02. The molecule has 3 N–H and O–H groups in total. The molecular formula is C23H36N4O4. The van der Waals surface area contributed by atoms with Gasteiger partial charge in [0.05, 0.1) is 25.8 Å². The van der Waals surface area contributed by atoms with Gasteiger partial charge in [-0.25, -0.2) is 4.99 Å². The van der Waals surface area contributed by atoms with Gasteiger partial charge in [-0.2, -0.15) is 0 Å². The van der Waals surface area contributed by atoms with Gasteiger partial charge in [-0.3, -0.25) is 4.90 Å². The van der Waals surface area contributed by atoms with Crippen molar-refractivity contribution in [1.29, 1.82) is 0 Å². The fraction of sp³-hybridized carbons (Fsp3) is 0.609. The van der Waals surface area contributed by atoms with Gasteiger partial charge in [0.15, 0.2) is 5.96 Å². The molecule has 3 heterocycles. The number of rotatable bonds is 8. The van der Waals surface area contributed by atoms with Crippen LogP contribution in [0.15, 0.2) is 32.0 Å². The van der Waals surface area contributed by atoms with Crippen molar-refractivity contribution in [3.8, 4) is 0 Å². The van der Waals surface area contributed by atoms with Gasteiger partial charge in [0, 0.05) is 31.7 Å². The molecule has 2 aromatic heterocycles. The summed E-state index contributed by atoms with van der Waals surface area (Å²) in [5.74, 6) is 3.98. The average molecular weight is 433 g/mol. The Labute approximate surface area is 184 Å². The van der Waals surface area contributed by atoms with Gasteiger partial charge in [0.2, 0.25) is 0 Å². The van der Waals surface area contributed by atoms with Crippen LogP contribution in [0.25, 0.3) is 0 Å². The molecule has 1 fully saturated rings. The van der Waals surface area contributed by atoms with Crippen molar-refractivity contribution in [3.05, 3.63) is 46.8 Å². The Morgan fingerprint density at radius 1 is 1.16 bits per heavy atom. The quantitative estimate of drug-likeness (QED) is 0.436. The summed E-state index contributed by atoms with van der Waals surface area (Å²) in [7, 11) is 0. The largest absolute Gasteiger partial charge is 0.466 e. The second kappa shape index (κ2) is 10.3. The minimum absolute atomic E-state index is 0.0701. The predicted molar refractivity (Wildman–Crippen MR) is 120 cm³/mol. The van der Waals surface area contributed by atoms with E-state index in [4.69, 9.17) is 13.6 Å². The van der Waals surface area contributed by atoms with E-state index in [1.54, 1.807) is 6.92 Å². The SMILES string of the molecule is CCNC(=NCC(C)(O)c1cc(C)oc1C)NCC(c1ccc(C)o1)N1CCOCC1. The van der Waals surface area contributed by atoms with Crippen molar-refractivity contribution in [3.63, 3.8) is 0 Å². The van der Waals surface area contributed by atoms with Gasteiger partial charge in [-0.05, 0) is 52.8 Å². The van der Waals surface area contributed by atoms with Gasteiger partial charge in [0.1, 0.15) is 28.6 Å². The molecule has 8 heteroatoms. The zero-order valence-corrected chi connectivity index (χ0v) is 19.3. The topological polar surface area (TPSA) is 95.4 Å². The number of hydrogen-bond acceptors (Lipinski definition) is 6. The first-order valence-electron chi connectivity index (χ1n) is 11.0. The molecule has 1 aliphatic heterocycles. The Balaban J connectivity index is 1.71. The van der Waals surface area contributed by atoms with E-state index < -0.39 is 5.60 Å². The number of hydrogen-bond donors (Lipinski definition) is 3. The number of aliphatic hydroxyl groups is 1. The van der Waals surface area contributed by atoms with Crippen LogP contribution in [-0.4, -0.2) is 61.9 Å². The van der Waals surface area contributed by atoms with Crippen LogP contribution in [0, 0.1) is 20.8 Å². The van der Waals surface area contributed by atoms with Gasteiger partial charge >= 0.3 is 0 Å². The van der Waals surface area contributed by atoms with Crippen LogP contribution in [0.1, 0.15) is 48.5 Å².